The van der Waals surface area contributed by atoms with Crippen LogP contribution in [0.2, 0.25) is 10.0 Å². The van der Waals surface area contributed by atoms with E-state index < -0.39 is 10.0 Å². The van der Waals surface area contributed by atoms with Crippen molar-refractivity contribution in [3.05, 3.63) is 81.8 Å². The second-order valence-electron chi connectivity index (χ2n) is 8.69. The molecule has 0 saturated carbocycles. The Morgan fingerprint density at radius 2 is 1.61 bits per heavy atom. The Bertz CT molecular complexity index is 1540. The molecule has 1 N–H and O–H groups in total. The Morgan fingerprint density at radius 3 is 2.24 bits per heavy atom. The highest BCUT2D eigenvalue weighted by Gasteiger charge is 2.23. The average Bonchev–Trinajstić information content (AvgIpc) is 3.31. The maximum atomic E-state index is 13.7. The lowest BCUT2D eigenvalue weighted by Gasteiger charge is -2.24. The van der Waals surface area contributed by atoms with Gasteiger partial charge in [0, 0.05) is 34.4 Å². The van der Waals surface area contributed by atoms with Crippen LogP contribution in [0.25, 0.3) is 10.2 Å². The van der Waals surface area contributed by atoms with Gasteiger partial charge in [-0.3, -0.25) is 14.4 Å². The monoisotopic (exact) mass is 590 g/mol. The van der Waals surface area contributed by atoms with Gasteiger partial charge in [0.1, 0.15) is 0 Å². The topological polar surface area (TPSA) is 82.6 Å². The van der Waals surface area contributed by atoms with Crippen molar-refractivity contribution >= 4 is 71.5 Å². The quantitative estimate of drug-likeness (QED) is 0.222. The molecule has 0 aliphatic heterocycles. The fraction of sp³-hybridized carbons (Fsp3) is 0.259. The van der Waals surface area contributed by atoms with Gasteiger partial charge in [-0.15, -0.1) is 0 Å². The number of sulfonamides is 1. The smallest absolute Gasteiger partial charge is 0.261 e. The number of halogens is 2. The van der Waals surface area contributed by atoms with E-state index in [1.807, 2.05) is 19.1 Å². The van der Waals surface area contributed by atoms with Gasteiger partial charge in [0.25, 0.3) is 15.9 Å². The number of aromatic nitrogens is 1. The molecule has 3 aromatic carbocycles. The lowest BCUT2D eigenvalue weighted by molar-refractivity contribution is 0.0984. The van der Waals surface area contributed by atoms with E-state index >= 15 is 0 Å². The summed E-state index contributed by atoms with van der Waals surface area (Å²) in [6.07, 6.45) is 0. The van der Waals surface area contributed by atoms with E-state index in [1.54, 1.807) is 29.2 Å². The molecule has 1 heterocycles. The Kier molecular flexibility index (Phi) is 8.95. The molecule has 4 rings (SSSR count). The number of amides is 1. The highest BCUT2D eigenvalue weighted by Crippen LogP contribution is 2.33. The van der Waals surface area contributed by atoms with E-state index in [0.717, 1.165) is 28.9 Å². The number of benzene rings is 3. The first kappa shape index (κ1) is 28.3. The third-order valence-corrected chi connectivity index (χ3v) is 9.05. The van der Waals surface area contributed by atoms with Crippen molar-refractivity contribution in [2.45, 2.75) is 25.7 Å². The number of nitrogens with one attached hydrogen (secondary N) is 1. The molecule has 7 nitrogen and oxygen atoms in total. The number of carbonyl (C=O) groups excluding carboxylic acids is 1. The summed E-state index contributed by atoms with van der Waals surface area (Å²) < 4.78 is 28.9. The van der Waals surface area contributed by atoms with Gasteiger partial charge in [-0.25, -0.2) is 13.4 Å². The summed E-state index contributed by atoms with van der Waals surface area (Å²) in [7, 11) is -3.80. The zero-order valence-corrected chi connectivity index (χ0v) is 24.4. The molecule has 1 aromatic heterocycles. The maximum Gasteiger partial charge on any atom is 0.261 e. The summed E-state index contributed by atoms with van der Waals surface area (Å²) in [5.74, 6) is -0.216. The van der Waals surface area contributed by atoms with Crippen molar-refractivity contribution in [3.63, 3.8) is 0 Å². The van der Waals surface area contributed by atoms with Gasteiger partial charge in [-0.05, 0) is 86.2 Å². The lowest BCUT2D eigenvalue weighted by atomic mass is 10.2. The second kappa shape index (κ2) is 12.0. The standard InChI is InChI=1S/C27H28Cl2N4O3S2/c1-4-32(5-2)14-15-33(27-30-25-18(3)16-21(29)17-24(25)37-27)26(34)19-6-10-22(11-7-19)31-38(35,36)23-12-8-20(28)9-13-23/h6-13,16-17,31H,4-5,14-15H2,1-3H3. The number of hydrogen-bond acceptors (Lipinski definition) is 6. The minimum absolute atomic E-state index is 0.0934. The molecule has 0 aliphatic carbocycles. The third-order valence-electron chi connectivity index (χ3n) is 6.16. The van der Waals surface area contributed by atoms with Crippen LogP contribution in [0, 0.1) is 6.92 Å². The van der Waals surface area contributed by atoms with Gasteiger partial charge in [0.2, 0.25) is 0 Å². The minimum Gasteiger partial charge on any atom is -0.302 e. The number of nitrogens with zero attached hydrogens (tertiary/aromatic N) is 3. The minimum atomic E-state index is -3.80. The molecule has 200 valence electrons. The van der Waals surface area contributed by atoms with Crippen LogP contribution in [0.5, 0.6) is 0 Å². The first-order chi connectivity index (χ1) is 18.1. The summed E-state index contributed by atoms with van der Waals surface area (Å²) >= 11 is 13.5. The molecule has 0 aliphatic rings. The number of thiazole rings is 1. The van der Waals surface area contributed by atoms with E-state index in [4.69, 9.17) is 28.2 Å². The Labute approximate surface area is 237 Å². The molecule has 0 saturated heterocycles. The fourth-order valence-corrected chi connectivity index (χ4v) is 6.62. The van der Waals surface area contributed by atoms with Gasteiger partial charge in [0.15, 0.2) is 5.13 Å². The van der Waals surface area contributed by atoms with Crippen LogP contribution in [-0.2, 0) is 10.0 Å². The van der Waals surface area contributed by atoms with E-state index in [2.05, 4.69) is 23.5 Å². The second-order valence-corrected chi connectivity index (χ2v) is 12.3. The third kappa shape index (κ3) is 6.47. The van der Waals surface area contributed by atoms with Crippen molar-refractivity contribution in [2.75, 3.05) is 35.8 Å². The lowest BCUT2D eigenvalue weighted by Crippen LogP contribution is -2.38. The van der Waals surface area contributed by atoms with Crippen molar-refractivity contribution in [3.8, 4) is 0 Å². The fourth-order valence-electron chi connectivity index (χ4n) is 3.99. The molecule has 0 unspecified atom stereocenters. The van der Waals surface area contributed by atoms with Crippen molar-refractivity contribution < 1.29 is 13.2 Å². The van der Waals surface area contributed by atoms with Gasteiger partial charge < -0.3 is 4.90 Å². The van der Waals surface area contributed by atoms with E-state index in [9.17, 15) is 13.2 Å². The van der Waals surface area contributed by atoms with Gasteiger partial charge in [0.05, 0.1) is 15.1 Å². The number of likely N-dealkylation sites (N-methyl/N-ethyl adjacent to an activating group) is 1. The van der Waals surface area contributed by atoms with Crippen molar-refractivity contribution in [1.82, 2.24) is 9.88 Å². The first-order valence-electron chi connectivity index (χ1n) is 12.1. The molecular weight excluding hydrogens is 563 g/mol. The SMILES string of the molecule is CCN(CC)CCN(C(=O)c1ccc(NS(=O)(=O)c2ccc(Cl)cc2)cc1)c1nc2c(C)cc(Cl)cc2s1. The Hall–Kier alpha value is -2.69. The van der Waals surface area contributed by atoms with E-state index in [1.165, 1.54) is 35.6 Å². The van der Waals surface area contributed by atoms with E-state index in [-0.39, 0.29) is 10.8 Å². The molecule has 1 amide bonds. The first-order valence-corrected chi connectivity index (χ1v) is 15.2. The van der Waals surface area contributed by atoms with Crippen molar-refractivity contribution in [2.24, 2.45) is 0 Å². The van der Waals surface area contributed by atoms with Crippen LogP contribution in [-0.4, -0.2) is 50.4 Å². The number of hydrogen-bond donors (Lipinski definition) is 1. The summed E-state index contributed by atoms with van der Waals surface area (Å²) in [4.78, 5) is 22.5. The van der Waals surface area contributed by atoms with Gasteiger partial charge in [-0.2, -0.15) is 0 Å². The predicted octanol–water partition coefficient (Wildman–Crippen LogP) is 6.70. The van der Waals surface area contributed by atoms with Crippen LogP contribution in [0.4, 0.5) is 10.8 Å². The summed E-state index contributed by atoms with van der Waals surface area (Å²) in [5.41, 5.74) is 2.54. The predicted molar refractivity (Wildman–Crippen MR) is 158 cm³/mol. The summed E-state index contributed by atoms with van der Waals surface area (Å²) in [6, 6.07) is 16.0. The van der Waals surface area contributed by atoms with Gasteiger partial charge >= 0.3 is 0 Å². The number of rotatable bonds is 10. The molecule has 11 heteroatoms. The summed E-state index contributed by atoms with van der Waals surface area (Å²) in [5, 5.41) is 1.67. The molecule has 38 heavy (non-hydrogen) atoms. The average molecular weight is 592 g/mol. The number of aryl methyl sites for hydroxylation is 1. The Morgan fingerprint density at radius 1 is 0.947 bits per heavy atom. The number of carbonyl (C=O) groups is 1. The molecular formula is C27H28Cl2N4O3S2. The van der Waals surface area contributed by atoms with Crippen LogP contribution >= 0.6 is 34.5 Å². The van der Waals surface area contributed by atoms with Crippen LogP contribution < -0.4 is 9.62 Å². The molecule has 0 bridgehead atoms. The highest BCUT2D eigenvalue weighted by atomic mass is 35.5. The number of anilines is 2. The molecule has 0 atom stereocenters. The van der Waals surface area contributed by atoms with Crippen molar-refractivity contribution in [1.29, 1.82) is 0 Å². The van der Waals surface area contributed by atoms with Crippen LogP contribution in [0.15, 0.2) is 65.6 Å². The maximum absolute atomic E-state index is 13.7. The normalized spacial score (nSPS) is 11.7. The highest BCUT2D eigenvalue weighted by molar-refractivity contribution is 7.92. The van der Waals surface area contributed by atoms with Crippen LogP contribution in [0.3, 0.4) is 0 Å². The van der Waals surface area contributed by atoms with Gasteiger partial charge in [-0.1, -0.05) is 48.4 Å². The Balaban J connectivity index is 1.60. The molecule has 0 fully saturated rings. The zero-order chi connectivity index (χ0) is 27.4. The molecule has 0 spiro atoms. The van der Waals surface area contributed by atoms with E-state index in [0.29, 0.717) is 39.5 Å². The zero-order valence-electron chi connectivity index (χ0n) is 21.2. The largest absolute Gasteiger partial charge is 0.302 e. The van der Waals surface area contributed by atoms with Crippen LogP contribution in [0.1, 0.15) is 29.8 Å². The number of fused-ring (bicyclic) bond motifs is 1. The molecule has 0 radical (unpaired) electrons. The molecule has 4 aromatic rings. The summed E-state index contributed by atoms with van der Waals surface area (Å²) in [6.45, 7) is 9.01.